The molecule has 0 radical (unpaired) electrons. The van der Waals surface area contributed by atoms with E-state index in [4.69, 9.17) is 14.5 Å². The van der Waals surface area contributed by atoms with Crippen LogP contribution in [0.25, 0.3) is 0 Å². The molecule has 13 heavy (non-hydrogen) atoms. The average molecular weight is 186 g/mol. The molecule has 0 N–H and O–H groups in total. The first-order valence-electron chi connectivity index (χ1n) is 5.09. The van der Waals surface area contributed by atoms with Crippen LogP contribution in [-0.4, -0.2) is 24.4 Å². The summed E-state index contributed by atoms with van der Waals surface area (Å²) < 4.78 is 5.58. The molecule has 0 aliphatic carbocycles. The third kappa shape index (κ3) is 1.60. The number of hydrogen-bond acceptors (Lipinski definition) is 3. The van der Waals surface area contributed by atoms with Gasteiger partial charge in [-0.25, -0.2) is 9.78 Å². The van der Waals surface area contributed by atoms with Crippen molar-refractivity contribution in [1.29, 1.82) is 0 Å². The minimum absolute atomic E-state index is 0.125. The molecular weight excluding hydrogens is 168 g/mol. The minimum atomic E-state index is 0.125. The summed E-state index contributed by atoms with van der Waals surface area (Å²) in [7, 11) is 0. The minimum Gasteiger partial charge on any atom is -0.364 e. The van der Waals surface area contributed by atoms with Crippen LogP contribution in [0.3, 0.4) is 0 Å². The van der Waals surface area contributed by atoms with Crippen LogP contribution < -0.4 is 0 Å². The third-order valence-corrected chi connectivity index (χ3v) is 2.80. The lowest BCUT2D eigenvalue weighted by Gasteiger charge is -2.28. The van der Waals surface area contributed by atoms with Gasteiger partial charge in [0.2, 0.25) is 0 Å². The lowest BCUT2D eigenvalue weighted by Crippen LogP contribution is -2.40. The van der Waals surface area contributed by atoms with Gasteiger partial charge in [0.1, 0.15) is 24.4 Å². The lowest BCUT2D eigenvalue weighted by molar-refractivity contribution is -0.377. The Morgan fingerprint density at radius 2 is 1.15 bits per heavy atom. The molecule has 76 valence electrons. The molecule has 2 aliphatic rings. The van der Waals surface area contributed by atoms with Crippen molar-refractivity contribution >= 4 is 0 Å². The van der Waals surface area contributed by atoms with Crippen LogP contribution in [0, 0.1) is 11.8 Å². The van der Waals surface area contributed by atoms with Crippen LogP contribution in [0.5, 0.6) is 0 Å². The molecular formula is C10H18O3. The summed E-state index contributed by atoms with van der Waals surface area (Å²) in [5.41, 5.74) is 0. The molecule has 2 saturated heterocycles. The fourth-order valence-corrected chi connectivity index (χ4v) is 1.88. The van der Waals surface area contributed by atoms with Gasteiger partial charge in [-0.1, -0.05) is 27.7 Å². The van der Waals surface area contributed by atoms with E-state index < -0.39 is 0 Å². The summed E-state index contributed by atoms with van der Waals surface area (Å²) in [5, 5.41) is 0. The van der Waals surface area contributed by atoms with Crippen molar-refractivity contribution in [3.8, 4) is 0 Å². The summed E-state index contributed by atoms with van der Waals surface area (Å²) in [6.45, 7) is 8.51. The van der Waals surface area contributed by atoms with E-state index in [0.717, 1.165) is 0 Å². The van der Waals surface area contributed by atoms with Crippen LogP contribution in [0.2, 0.25) is 0 Å². The maximum atomic E-state index is 5.58. The SMILES string of the molecule is CC(C)[C@H]1OO[C@@H](C(C)C)[C@@H]2O[C@@H]21. The quantitative estimate of drug-likeness (QED) is 0.486. The molecule has 0 aromatic heterocycles. The predicted molar refractivity (Wildman–Crippen MR) is 48.1 cm³/mol. The average Bonchev–Trinajstić information content (AvgIpc) is 2.79. The van der Waals surface area contributed by atoms with Crippen molar-refractivity contribution in [3.05, 3.63) is 0 Å². The molecule has 3 heteroatoms. The van der Waals surface area contributed by atoms with E-state index >= 15 is 0 Å². The van der Waals surface area contributed by atoms with E-state index in [2.05, 4.69) is 27.7 Å². The standard InChI is InChI=1S/C10H18O3/c1-5(2)7-9-10(11-9)8(6(3)4)13-12-7/h5-10H,1-4H3/t7-,8+,9-,10+. The Kier molecular flexibility index (Phi) is 2.34. The van der Waals surface area contributed by atoms with Crippen LogP contribution >= 0.6 is 0 Å². The highest BCUT2D eigenvalue weighted by molar-refractivity contribution is 4.99. The summed E-state index contributed by atoms with van der Waals surface area (Å²) in [4.78, 5) is 10.7. The van der Waals surface area contributed by atoms with E-state index in [0.29, 0.717) is 11.8 Å². The second kappa shape index (κ2) is 3.23. The largest absolute Gasteiger partial charge is 0.364 e. The molecule has 0 saturated carbocycles. The van der Waals surface area contributed by atoms with Gasteiger partial charge in [0.25, 0.3) is 0 Å². The van der Waals surface area contributed by atoms with Gasteiger partial charge in [-0.2, -0.15) is 0 Å². The van der Waals surface area contributed by atoms with Crippen LogP contribution in [0.15, 0.2) is 0 Å². The molecule has 2 rings (SSSR count). The van der Waals surface area contributed by atoms with Crippen molar-refractivity contribution in [3.63, 3.8) is 0 Å². The Bertz CT molecular complexity index is 171. The van der Waals surface area contributed by atoms with Crippen LogP contribution in [-0.2, 0) is 14.5 Å². The molecule has 0 unspecified atom stereocenters. The fraction of sp³-hybridized carbons (Fsp3) is 1.00. The maximum Gasteiger partial charge on any atom is 0.124 e. The Morgan fingerprint density at radius 3 is 1.46 bits per heavy atom. The maximum absolute atomic E-state index is 5.58. The summed E-state index contributed by atoms with van der Waals surface area (Å²) in [6, 6.07) is 0. The van der Waals surface area contributed by atoms with Crippen LogP contribution in [0.4, 0.5) is 0 Å². The van der Waals surface area contributed by atoms with E-state index in [1.807, 2.05) is 0 Å². The van der Waals surface area contributed by atoms with Crippen molar-refractivity contribution < 1.29 is 14.5 Å². The molecule has 2 heterocycles. The zero-order chi connectivity index (χ0) is 9.59. The molecule has 0 amide bonds. The van der Waals surface area contributed by atoms with E-state index in [9.17, 15) is 0 Å². The molecule has 0 spiro atoms. The Balaban J connectivity index is 1.95. The smallest absolute Gasteiger partial charge is 0.124 e. The first-order valence-corrected chi connectivity index (χ1v) is 5.09. The van der Waals surface area contributed by atoms with Crippen LogP contribution in [0.1, 0.15) is 27.7 Å². The van der Waals surface area contributed by atoms with E-state index in [1.54, 1.807) is 0 Å². The van der Waals surface area contributed by atoms with Gasteiger partial charge in [-0.15, -0.1) is 0 Å². The molecule has 0 aromatic carbocycles. The normalized spacial score (nSPS) is 43.8. The highest BCUT2D eigenvalue weighted by Gasteiger charge is 2.56. The molecule has 0 bridgehead atoms. The Morgan fingerprint density at radius 1 is 0.769 bits per heavy atom. The van der Waals surface area contributed by atoms with Gasteiger partial charge in [-0.05, 0) is 11.8 Å². The molecule has 4 atom stereocenters. The predicted octanol–water partition coefficient (Wildman–Crippen LogP) is 1.76. The van der Waals surface area contributed by atoms with Gasteiger partial charge in [0.15, 0.2) is 0 Å². The number of epoxide rings is 1. The third-order valence-electron chi connectivity index (χ3n) is 2.80. The summed E-state index contributed by atoms with van der Waals surface area (Å²) in [5.74, 6) is 0.922. The summed E-state index contributed by atoms with van der Waals surface area (Å²) >= 11 is 0. The second-order valence-electron chi connectivity index (χ2n) is 4.68. The van der Waals surface area contributed by atoms with Crippen molar-refractivity contribution in [2.24, 2.45) is 11.8 Å². The second-order valence-corrected chi connectivity index (χ2v) is 4.68. The molecule has 0 aromatic rings. The number of rotatable bonds is 2. The monoisotopic (exact) mass is 186 g/mol. The van der Waals surface area contributed by atoms with E-state index in [1.165, 1.54) is 0 Å². The highest BCUT2D eigenvalue weighted by atomic mass is 17.2. The van der Waals surface area contributed by atoms with Crippen molar-refractivity contribution in [2.45, 2.75) is 52.1 Å². The van der Waals surface area contributed by atoms with Gasteiger partial charge in [-0.3, -0.25) is 0 Å². The number of fused-ring (bicyclic) bond motifs is 1. The Labute approximate surface area is 79.3 Å². The zero-order valence-corrected chi connectivity index (χ0v) is 8.69. The van der Waals surface area contributed by atoms with Gasteiger partial charge in [0, 0.05) is 0 Å². The van der Waals surface area contributed by atoms with Crippen molar-refractivity contribution in [2.75, 3.05) is 0 Å². The highest BCUT2D eigenvalue weighted by Crippen LogP contribution is 2.41. The van der Waals surface area contributed by atoms with Gasteiger partial charge in [0.05, 0.1) is 0 Å². The fourth-order valence-electron chi connectivity index (χ4n) is 1.88. The molecule has 3 nitrogen and oxygen atoms in total. The number of hydrogen-bond donors (Lipinski definition) is 0. The first kappa shape index (κ1) is 9.44. The molecule has 2 fully saturated rings. The Hall–Kier alpha value is -0.120. The lowest BCUT2D eigenvalue weighted by atomic mass is 9.95. The van der Waals surface area contributed by atoms with Gasteiger partial charge < -0.3 is 4.74 Å². The summed E-state index contributed by atoms with van der Waals surface area (Å²) in [6.07, 6.45) is 0.808. The molecule has 2 aliphatic heterocycles. The zero-order valence-electron chi connectivity index (χ0n) is 8.69. The number of ether oxygens (including phenoxy) is 1. The van der Waals surface area contributed by atoms with E-state index in [-0.39, 0.29) is 24.4 Å². The van der Waals surface area contributed by atoms with Crippen molar-refractivity contribution in [1.82, 2.24) is 0 Å². The topological polar surface area (TPSA) is 31.0 Å². The first-order chi connectivity index (χ1) is 6.11. The van der Waals surface area contributed by atoms with Gasteiger partial charge >= 0.3 is 0 Å².